The Labute approximate surface area is 254 Å². The molecule has 6 rings (SSSR count). The first-order valence-electron chi connectivity index (χ1n) is 14.8. The number of likely N-dealkylation sites (tertiary alicyclic amines) is 1. The first kappa shape index (κ1) is 29.0. The normalized spacial score (nSPS) is 25.0. The van der Waals surface area contributed by atoms with Gasteiger partial charge in [-0.2, -0.15) is 0 Å². The molecule has 3 aliphatic rings. The van der Waals surface area contributed by atoms with Gasteiger partial charge >= 0.3 is 0 Å². The summed E-state index contributed by atoms with van der Waals surface area (Å²) in [5, 5.41) is 5.71. The second-order valence-electron chi connectivity index (χ2n) is 11.5. The molecule has 1 aromatic heterocycles. The van der Waals surface area contributed by atoms with Crippen LogP contribution in [0.15, 0.2) is 66.0 Å². The Bertz CT molecular complexity index is 1320. The van der Waals surface area contributed by atoms with Crippen LogP contribution in [0.25, 0.3) is 0 Å². The summed E-state index contributed by atoms with van der Waals surface area (Å²) < 4.78 is 14.2. The second kappa shape index (κ2) is 12.7. The van der Waals surface area contributed by atoms with Crippen LogP contribution in [0.4, 0.5) is 4.39 Å². The molecule has 1 N–H and O–H groups in total. The standard InChI is InChI=1S/C33H35ClFN3O3S/c34-24-12-8-21(9-13-24)27-28(31(39)26-7-4-20-42-26)29(22-10-14-25(35)15-11-22)38(32(40)23-5-2-1-3-6-23)30(27)33(41)37-18-16-36-17-19-37/h4,7-15,20,23,27-30,36H,1-3,5-6,16-19H2. The second-order valence-corrected chi connectivity index (χ2v) is 12.9. The number of Topliss-reactive ketones (excluding diaryl/α,β-unsaturated/α-hetero) is 1. The Hall–Kier alpha value is -3.07. The van der Waals surface area contributed by atoms with Crippen molar-refractivity contribution < 1.29 is 18.8 Å². The third-order valence-electron chi connectivity index (χ3n) is 9.09. The summed E-state index contributed by atoms with van der Waals surface area (Å²) in [4.78, 5) is 48.0. The van der Waals surface area contributed by atoms with Crippen molar-refractivity contribution in [3.05, 3.63) is 92.9 Å². The van der Waals surface area contributed by atoms with Crippen LogP contribution in [-0.2, 0) is 9.59 Å². The van der Waals surface area contributed by atoms with E-state index in [1.54, 1.807) is 35.2 Å². The number of carbonyl (C=O) groups excluding carboxylic acids is 3. The van der Waals surface area contributed by atoms with Gasteiger partial charge in [-0.1, -0.05) is 61.2 Å². The fourth-order valence-corrected chi connectivity index (χ4v) is 7.92. The molecule has 9 heteroatoms. The lowest BCUT2D eigenvalue weighted by molar-refractivity contribution is -0.149. The molecule has 1 saturated carbocycles. The summed E-state index contributed by atoms with van der Waals surface area (Å²) in [6, 6.07) is 15.4. The number of hydrogen-bond donors (Lipinski definition) is 1. The van der Waals surface area contributed by atoms with Crippen molar-refractivity contribution in [2.24, 2.45) is 11.8 Å². The smallest absolute Gasteiger partial charge is 0.246 e. The zero-order valence-corrected chi connectivity index (χ0v) is 25.0. The molecule has 0 spiro atoms. The van der Waals surface area contributed by atoms with Gasteiger partial charge in [0.25, 0.3) is 0 Å². The maximum atomic E-state index is 14.7. The van der Waals surface area contributed by atoms with E-state index in [9.17, 15) is 18.8 Å². The van der Waals surface area contributed by atoms with Gasteiger partial charge in [0.05, 0.1) is 16.8 Å². The third kappa shape index (κ3) is 5.64. The lowest BCUT2D eigenvalue weighted by Gasteiger charge is -2.38. The molecular formula is C33H35ClFN3O3S. The average Bonchev–Trinajstić information content (AvgIpc) is 3.69. The largest absolute Gasteiger partial charge is 0.338 e. The minimum absolute atomic E-state index is 0.0852. The van der Waals surface area contributed by atoms with Gasteiger partial charge < -0.3 is 15.1 Å². The molecule has 3 heterocycles. The molecule has 42 heavy (non-hydrogen) atoms. The summed E-state index contributed by atoms with van der Waals surface area (Å²) in [7, 11) is 0. The number of nitrogens with zero attached hydrogens (tertiary/aromatic N) is 2. The topological polar surface area (TPSA) is 69.7 Å². The highest BCUT2D eigenvalue weighted by Gasteiger charge is 2.58. The highest BCUT2D eigenvalue weighted by atomic mass is 35.5. The molecule has 6 nitrogen and oxygen atoms in total. The highest BCUT2D eigenvalue weighted by molar-refractivity contribution is 7.12. The van der Waals surface area contributed by atoms with E-state index in [2.05, 4.69) is 5.32 Å². The fourth-order valence-electron chi connectivity index (χ4n) is 7.08. The van der Waals surface area contributed by atoms with Crippen molar-refractivity contribution in [1.82, 2.24) is 15.1 Å². The van der Waals surface area contributed by atoms with Gasteiger partial charge in [0, 0.05) is 43.0 Å². The number of hydrogen-bond acceptors (Lipinski definition) is 5. The molecule has 4 atom stereocenters. The first-order chi connectivity index (χ1) is 20.4. The SMILES string of the molecule is O=C(c1cccs1)C1C(c2ccc(Cl)cc2)C(C(=O)N2CCNCC2)N(C(=O)C2CCCCC2)C1c1ccc(F)cc1. The van der Waals surface area contributed by atoms with Crippen LogP contribution >= 0.6 is 22.9 Å². The van der Waals surface area contributed by atoms with E-state index < -0.39 is 29.7 Å². The van der Waals surface area contributed by atoms with Gasteiger partial charge in [0.2, 0.25) is 11.8 Å². The van der Waals surface area contributed by atoms with Crippen LogP contribution in [0.1, 0.15) is 64.9 Å². The number of benzene rings is 2. The lowest BCUT2D eigenvalue weighted by atomic mass is 9.77. The minimum atomic E-state index is -0.886. The number of amides is 2. The van der Waals surface area contributed by atoms with Gasteiger partial charge in [-0.05, 0) is 59.7 Å². The molecule has 4 unspecified atom stereocenters. The molecule has 2 aliphatic heterocycles. The molecule has 2 aromatic carbocycles. The Morgan fingerprint density at radius 1 is 0.857 bits per heavy atom. The summed E-state index contributed by atoms with van der Waals surface area (Å²) in [6.45, 7) is 2.39. The van der Waals surface area contributed by atoms with E-state index in [0.29, 0.717) is 41.6 Å². The van der Waals surface area contributed by atoms with Crippen molar-refractivity contribution in [2.75, 3.05) is 26.2 Å². The highest BCUT2D eigenvalue weighted by Crippen LogP contribution is 2.53. The van der Waals surface area contributed by atoms with E-state index in [0.717, 1.165) is 37.7 Å². The Morgan fingerprint density at radius 3 is 2.17 bits per heavy atom. The predicted octanol–water partition coefficient (Wildman–Crippen LogP) is 6.09. The number of ketones is 1. The van der Waals surface area contributed by atoms with Crippen LogP contribution in [-0.4, -0.2) is 59.6 Å². The van der Waals surface area contributed by atoms with Crippen LogP contribution in [0.5, 0.6) is 0 Å². The van der Waals surface area contributed by atoms with E-state index >= 15 is 0 Å². The summed E-state index contributed by atoms with van der Waals surface area (Å²) in [5.41, 5.74) is 1.44. The molecule has 3 fully saturated rings. The summed E-state index contributed by atoms with van der Waals surface area (Å²) in [5.74, 6) is -2.32. The number of nitrogens with one attached hydrogen (secondary N) is 1. The van der Waals surface area contributed by atoms with Crippen LogP contribution in [0, 0.1) is 17.7 Å². The minimum Gasteiger partial charge on any atom is -0.338 e. The van der Waals surface area contributed by atoms with E-state index in [1.807, 2.05) is 28.5 Å². The van der Waals surface area contributed by atoms with Crippen molar-refractivity contribution >= 4 is 40.5 Å². The number of piperazine rings is 1. The predicted molar refractivity (Wildman–Crippen MR) is 162 cm³/mol. The average molecular weight is 608 g/mol. The maximum absolute atomic E-state index is 14.7. The van der Waals surface area contributed by atoms with Crippen LogP contribution in [0.2, 0.25) is 5.02 Å². The van der Waals surface area contributed by atoms with Gasteiger partial charge in [-0.15, -0.1) is 11.3 Å². The molecule has 3 aromatic rings. The van der Waals surface area contributed by atoms with Crippen LogP contribution < -0.4 is 5.32 Å². The van der Waals surface area contributed by atoms with Crippen molar-refractivity contribution in [3.8, 4) is 0 Å². The molecular weight excluding hydrogens is 573 g/mol. The molecule has 2 saturated heterocycles. The van der Waals surface area contributed by atoms with Crippen molar-refractivity contribution in [2.45, 2.75) is 50.1 Å². The van der Waals surface area contributed by atoms with Gasteiger partial charge in [0.1, 0.15) is 11.9 Å². The molecule has 2 amide bonds. The Morgan fingerprint density at radius 2 is 1.52 bits per heavy atom. The zero-order valence-electron chi connectivity index (χ0n) is 23.4. The van der Waals surface area contributed by atoms with Crippen molar-refractivity contribution in [3.63, 3.8) is 0 Å². The van der Waals surface area contributed by atoms with Crippen molar-refractivity contribution in [1.29, 1.82) is 0 Å². The van der Waals surface area contributed by atoms with Gasteiger partial charge in [0.15, 0.2) is 5.78 Å². The fraction of sp³-hybridized carbons (Fsp3) is 0.424. The monoisotopic (exact) mass is 607 g/mol. The molecule has 220 valence electrons. The lowest BCUT2D eigenvalue weighted by Crippen LogP contribution is -2.55. The number of thiophene rings is 1. The molecule has 0 bridgehead atoms. The quantitative estimate of drug-likeness (QED) is 0.345. The number of carbonyl (C=O) groups is 3. The van der Waals surface area contributed by atoms with E-state index in [-0.39, 0.29) is 23.5 Å². The maximum Gasteiger partial charge on any atom is 0.246 e. The molecule has 0 radical (unpaired) electrons. The van der Waals surface area contributed by atoms with E-state index in [4.69, 9.17) is 11.6 Å². The zero-order chi connectivity index (χ0) is 29.2. The summed E-state index contributed by atoms with van der Waals surface area (Å²) >= 11 is 7.65. The Balaban J connectivity index is 1.57. The number of rotatable bonds is 6. The Kier molecular flexibility index (Phi) is 8.75. The summed E-state index contributed by atoms with van der Waals surface area (Å²) in [6.07, 6.45) is 4.52. The van der Waals surface area contributed by atoms with Gasteiger partial charge in [-0.3, -0.25) is 14.4 Å². The molecule has 1 aliphatic carbocycles. The number of halogens is 2. The van der Waals surface area contributed by atoms with E-state index in [1.165, 1.54) is 23.5 Å². The third-order valence-corrected chi connectivity index (χ3v) is 10.2. The first-order valence-corrected chi connectivity index (χ1v) is 16.1. The van der Waals surface area contributed by atoms with Crippen LogP contribution in [0.3, 0.4) is 0 Å². The van der Waals surface area contributed by atoms with Gasteiger partial charge in [-0.25, -0.2) is 4.39 Å².